The first-order valence-electron chi connectivity index (χ1n) is 6.63. The minimum absolute atomic E-state index is 0.269. The topological polar surface area (TPSA) is 24.1 Å². The maximum absolute atomic E-state index is 13.4. The molecule has 1 aliphatic carbocycles. The molecule has 1 aromatic rings. The van der Waals surface area contributed by atoms with Crippen molar-refractivity contribution in [1.29, 1.82) is 0 Å². The highest BCUT2D eigenvalue weighted by molar-refractivity contribution is 7.80. The molecule has 1 fully saturated rings. The zero-order chi connectivity index (χ0) is 13.7. The van der Waals surface area contributed by atoms with Gasteiger partial charge in [0, 0.05) is 24.2 Å². The first-order valence-corrected chi connectivity index (χ1v) is 7.04. The molecule has 0 aromatic heterocycles. The molecule has 2 nitrogen and oxygen atoms in total. The lowest BCUT2D eigenvalue weighted by Crippen LogP contribution is -2.42. The highest BCUT2D eigenvalue weighted by Gasteiger charge is 2.14. The van der Waals surface area contributed by atoms with E-state index in [4.69, 9.17) is 12.2 Å². The van der Waals surface area contributed by atoms with E-state index in [-0.39, 0.29) is 6.54 Å². The van der Waals surface area contributed by atoms with Gasteiger partial charge in [-0.15, -0.1) is 0 Å². The van der Waals surface area contributed by atoms with Gasteiger partial charge in [-0.1, -0.05) is 25.3 Å². The van der Waals surface area contributed by atoms with Gasteiger partial charge in [-0.3, -0.25) is 0 Å². The van der Waals surface area contributed by atoms with Crippen molar-refractivity contribution in [2.75, 3.05) is 0 Å². The fourth-order valence-electron chi connectivity index (χ4n) is 2.32. The fraction of sp³-hybridized carbons (Fsp3) is 0.500. The lowest BCUT2D eigenvalue weighted by atomic mass is 9.96. The molecular formula is C14H18F2N2S. The second-order valence-corrected chi connectivity index (χ2v) is 5.31. The molecule has 104 valence electrons. The SMILES string of the molecule is Fc1ccc(CNC(=S)NC2CCCCC2)c(F)c1. The van der Waals surface area contributed by atoms with Crippen LogP contribution < -0.4 is 10.6 Å². The molecule has 1 aromatic carbocycles. The molecule has 1 aliphatic rings. The fourth-order valence-corrected chi connectivity index (χ4v) is 2.56. The predicted octanol–water partition coefficient (Wildman–Crippen LogP) is 3.26. The summed E-state index contributed by atoms with van der Waals surface area (Å²) in [6.45, 7) is 0.269. The summed E-state index contributed by atoms with van der Waals surface area (Å²) in [6, 6.07) is 3.99. The third-order valence-corrected chi connectivity index (χ3v) is 3.66. The Morgan fingerprint density at radius 3 is 2.63 bits per heavy atom. The summed E-state index contributed by atoms with van der Waals surface area (Å²) >= 11 is 5.18. The monoisotopic (exact) mass is 284 g/mol. The zero-order valence-electron chi connectivity index (χ0n) is 10.7. The average Bonchev–Trinajstić information content (AvgIpc) is 2.39. The maximum atomic E-state index is 13.4. The number of thiocarbonyl (C=S) groups is 1. The van der Waals surface area contributed by atoms with Crippen LogP contribution in [0.1, 0.15) is 37.7 Å². The highest BCUT2D eigenvalue weighted by atomic mass is 32.1. The first kappa shape index (κ1) is 14.2. The van der Waals surface area contributed by atoms with Crippen LogP contribution in [0.2, 0.25) is 0 Å². The summed E-state index contributed by atoms with van der Waals surface area (Å²) in [6.07, 6.45) is 6.01. The Morgan fingerprint density at radius 2 is 1.95 bits per heavy atom. The smallest absolute Gasteiger partial charge is 0.166 e. The van der Waals surface area contributed by atoms with Gasteiger partial charge in [0.05, 0.1) is 0 Å². The Morgan fingerprint density at radius 1 is 1.21 bits per heavy atom. The molecular weight excluding hydrogens is 266 g/mol. The summed E-state index contributed by atoms with van der Waals surface area (Å²) in [5.74, 6) is -1.11. The van der Waals surface area contributed by atoms with Crippen molar-refractivity contribution in [1.82, 2.24) is 10.6 Å². The summed E-state index contributed by atoms with van der Waals surface area (Å²) in [7, 11) is 0. The molecule has 0 spiro atoms. The van der Waals surface area contributed by atoms with E-state index < -0.39 is 11.6 Å². The van der Waals surface area contributed by atoms with E-state index >= 15 is 0 Å². The van der Waals surface area contributed by atoms with E-state index in [2.05, 4.69) is 10.6 Å². The normalized spacial score (nSPS) is 16.1. The minimum Gasteiger partial charge on any atom is -0.360 e. The number of halogens is 2. The largest absolute Gasteiger partial charge is 0.360 e. The van der Waals surface area contributed by atoms with Crippen molar-refractivity contribution in [3.05, 3.63) is 35.4 Å². The van der Waals surface area contributed by atoms with Crippen molar-refractivity contribution < 1.29 is 8.78 Å². The summed E-state index contributed by atoms with van der Waals surface area (Å²) in [4.78, 5) is 0. The summed E-state index contributed by atoms with van der Waals surface area (Å²) < 4.78 is 26.2. The molecule has 0 amide bonds. The van der Waals surface area contributed by atoms with Gasteiger partial charge in [-0.25, -0.2) is 8.78 Å². The molecule has 2 rings (SSSR count). The van der Waals surface area contributed by atoms with Crippen LogP contribution in [0.25, 0.3) is 0 Å². The molecule has 2 N–H and O–H groups in total. The van der Waals surface area contributed by atoms with E-state index in [0.29, 0.717) is 16.7 Å². The van der Waals surface area contributed by atoms with Crippen LogP contribution in [0.3, 0.4) is 0 Å². The lowest BCUT2D eigenvalue weighted by molar-refractivity contribution is 0.412. The first-order chi connectivity index (χ1) is 9.15. The lowest BCUT2D eigenvalue weighted by Gasteiger charge is -2.24. The Bertz CT molecular complexity index is 445. The second-order valence-electron chi connectivity index (χ2n) is 4.90. The molecule has 0 radical (unpaired) electrons. The van der Waals surface area contributed by atoms with Gasteiger partial charge in [0.2, 0.25) is 0 Å². The molecule has 0 heterocycles. The Kier molecular flexibility index (Phi) is 5.07. The summed E-state index contributed by atoms with van der Waals surface area (Å²) in [5, 5.41) is 6.75. The molecule has 5 heteroatoms. The van der Waals surface area contributed by atoms with E-state index in [9.17, 15) is 8.78 Å². The van der Waals surface area contributed by atoms with E-state index in [1.54, 1.807) is 0 Å². The molecule has 19 heavy (non-hydrogen) atoms. The minimum atomic E-state index is -0.566. The van der Waals surface area contributed by atoms with Crippen molar-refractivity contribution in [2.24, 2.45) is 0 Å². The number of nitrogens with one attached hydrogen (secondary N) is 2. The Hall–Kier alpha value is -1.23. The number of hydrogen-bond donors (Lipinski definition) is 2. The van der Waals surface area contributed by atoms with Crippen molar-refractivity contribution >= 4 is 17.3 Å². The van der Waals surface area contributed by atoms with Crippen molar-refractivity contribution in [2.45, 2.75) is 44.7 Å². The van der Waals surface area contributed by atoms with Gasteiger partial charge < -0.3 is 10.6 Å². The van der Waals surface area contributed by atoms with Crippen LogP contribution in [0, 0.1) is 11.6 Å². The zero-order valence-corrected chi connectivity index (χ0v) is 11.5. The Balaban J connectivity index is 1.79. The van der Waals surface area contributed by atoms with Crippen LogP contribution in [0.4, 0.5) is 8.78 Å². The summed E-state index contributed by atoms with van der Waals surface area (Å²) in [5.41, 5.74) is 0.411. The van der Waals surface area contributed by atoms with Gasteiger partial charge in [-0.2, -0.15) is 0 Å². The van der Waals surface area contributed by atoms with E-state index in [0.717, 1.165) is 18.9 Å². The average molecular weight is 284 g/mol. The standard InChI is InChI=1S/C14H18F2N2S/c15-11-7-6-10(13(16)8-11)9-17-14(19)18-12-4-2-1-3-5-12/h6-8,12H,1-5,9H2,(H2,17,18,19). The van der Waals surface area contributed by atoms with E-state index in [1.807, 2.05) is 0 Å². The number of rotatable bonds is 3. The third-order valence-electron chi connectivity index (χ3n) is 3.39. The molecule has 0 unspecified atom stereocenters. The van der Waals surface area contributed by atoms with Crippen molar-refractivity contribution in [3.8, 4) is 0 Å². The van der Waals surface area contributed by atoms with Crippen LogP contribution in [0.5, 0.6) is 0 Å². The van der Waals surface area contributed by atoms with Gasteiger partial charge in [0.1, 0.15) is 11.6 Å². The third kappa shape index (κ3) is 4.42. The van der Waals surface area contributed by atoms with Gasteiger partial charge in [0.25, 0.3) is 0 Å². The van der Waals surface area contributed by atoms with Crippen LogP contribution >= 0.6 is 12.2 Å². The highest BCUT2D eigenvalue weighted by Crippen LogP contribution is 2.17. The molecule has 0 aliphatic heterocycles. The van der Waals surface area contributed by atoms with Gasteiger partial charge in [0.15, 0.2) is 5.11 Å². The van der Waals surface area contributed by atoms with Crippen LogP contribution in [-0.4, -0.2) is 11.2 Å². The molecule has 1 saturated carbocycles. The molecule has 0 bridgehead atoms. The van der Waals surface area contributed by atoms with E-state index in [1.165, 1.54) is 31.4 Å². The van der Waals surface area contributed by atoms with Crippen molar-refractivity contribution in [3.63, 3.8) is 0 Å². The number of benzene rings is 1. The second kappa shape index (κ2) is 6.80. The van der Waals surface area contributed by atoms with Crippen LogP contribution in [0.15, 0.2) is 18.2 Å². The maximum Gasteiger partial charge on any atom is 0.166 e. The predicted molar refractivity (Wildman–Crippen MR) is 75.8 cm³/mol. The molecule has 0 saturated heterocycles. The quantitative estimate of drug-likeness (QED) is 0.833. The van der Waals surface area contributed by atoms with Crippen LogP contribution in [-0.2, 0) is 6.54 Å². The van der Waals surface area contributed by atoms with Gasteiger partial charge in [-0.05, 0) is 31.1 Å². The molecule has 0 atom stereocenters. The number of hydrogen-bond acceptors (Lipinski definition) is 1. The Labute approximate surface area is 117 Å². The van der Waals surface area contributed by atoms with Gasteiger partial charge >= 0.3 is 0 Å².